The van der Waals surface area contributed by atoms with E-state index in [9.17, 15) is 9.59 Å². The van der Waals surface area contributed by atoms with E-state index in [2.05, 4.69) is 15.3 Å². The summed E-state index contributed by atoms with van der Waals surface area (Å²) >= 11 is 2.68. The number of aryl methyl sites for hydroxylation is 2. The van der Waals surface area contributed by atoms with Crippen molar-refractivity contribution in [3.63, 3.8) is 0 Å². The van der Waals surface area contributed by atoms with Crippen molar-refractivity contribution in [2.45, 2.75) is 37.5 Å². The topological polar surface area (TPSA) is 98.0 Å². The maximum atomic E-state index is 12.9. The van der Waals surface area contributed by atoms with E-state index < -0.39 is 5.91 Å². The van der Waals surface area contributed by atoms with Crippen LogP contribution in [0.15, 0.2) is 47.1 Å². The molecule has 0 saturated carbocycles. The average molecular weight is 427 g/mol. The molecule has 0 saturated heterocycles. The molecule has 1 aromatic carbocycles. The second-order valence-corrected chi connectivity index (χ2v) is 8.69. The minimum atomic E-state index is -0.566. The standard InChI is InChI=1S/C21H22N4O2S2/c1-4-16(29-17-9-13(3)23-11-24-17)20(27)25-21-18(19(22)26)15(10-28-21)14-7-5-12(2)6-8-14/h5-11,16H,4H2,1-3H3,(H2,22,26)(H,25,27). The van der Waals surface area contributed by atoms with Crippen molar-refractivity contribution in [3.05, 3.63) is 58.9 Å². The van der Waals surface area contributed by atoms with Crippen LogP contribution in [0.25, 0.3) is 11.1 Å². The van der Waals surface area contributed by atoms with Crippen LogP contribution >= 0.6 is 23.1 Å². The number of rotatable bonds is 7. The van der Waals surface area contributed by atoms with Gasteiger partial charge in [0, 0.05) is 16.6 Å². The highest BCUT2D eigenvalue weighted by Gasteiger charge is 2.24. The first-order valence-corrected chi connectivity index (χ1v) is 10.9. The zero-order valence-electron chi connectivity index (χ0n) is 16.4. The minimum absolute atomic E-state index is 0.187. The molecule has 0 bridgehead atoms. The van der Waals surface area contributed by atoms with Crippen LogP contribution in [0.4, 0.5) is 5.00 Å². The van der Waals surface area contributed by atoms with E-state index in [1.54, 1.807) is 0 Å². The van der Waals surface area contributed by atoms with Crippen LogP contribution in [0.3, 0.4) is 0 Å². The Labute approximate surface area is 178 Å². The predicted molar refractivity (Wildman–Crippen MR) is 118 cm³/mol. The van der Waals surface area contributed by atoms with E-state index in [4.69, 9.17) is 5.73 Å². The number of benzene rings is 1. The average Bonchev–Trinajstić information content (AvgIpc) is 3.10. The quantitative estimate of drug-likeness (QED) is 0.430. The van der Waals surface area contributed by atoms with Gasteiger partial charge in [-0.05, 0) is 31.9 Å². The summed E-state index contributed by atoms with van der Waals surface area (Å²) in [6.07, 6.45) is 2.10. The third-order valence-electron chi connectivity index (χ3n) is 4.34. The molecular weight excluding hydrogens is 404 g/mol. The predicted octanol–water partition coefficient (Wildman–Crippen LogP) is 4.43. The second-order valence-electron chi connectivity index (χ2n) is 6.59. The number of aromatic nitrogens is 2. The third-order valence-corrected chi connectivity index (χ3v) is 6.53. The molecular formula is C21H22N4O2S2. The van der Waals surface area contributed by atoms with Crippen LogP contribution in [0.1, 0.15) is 35.0 Å². The highest BCUT2D eigenvalue weighted by molar-refractivity contribution is 8.00. The van der Waals surface area contributed by atoms with Gasteiger partial charge in [0.2, 0.25) is 5.91 Å². The Bertz CT molecular complexity index is 1030. The molecule has 6 nitrogen and oxygen atoms in total. The molecule has 0 aliphatic heterocycles. The summed E-state index contributed by atoms with van der Waals surface area (Å²) in [6.45, 7) is 5.82. The van der Waals surface area contributed by atoms with Gasteiger partial charge in [-0.15, -0.1) is 11.3 Å². The summed E-state index contributed by atoms with van der Waals surface area (Å²) in [5.41, 5.74) is 9.57. The Kier molecular flexibility index (Phi) is 6.66. The third kappa shape index (κ3) is 5.02. The molecule has 3 rings (SSSR count). The van der Waals surface area contributed by atoms with E-state index in [1.807, 2.05) is 56.5 Å². The van der Waals surface area contributed by atoms with Gasteiger partial charge in [0.15, 0.2) is 0 Å². The molecule has 0 radical (unpaired) electrons. The Hall–Kier alpha value is -2.71. The van der Waals surface area contributed by atoms with Crippen LogP contribution in [-0.4, -0.2) is 27.0 Å². The molecule has 8 heteroatoms. The molecule has 29 heavy (non-hydrogen) atoms. The summed E-state index contributed by atoms with van der Waals surface area (Å²) in [4.78, 5) is 33.3. The summed E-state index contributed by atoms with van der Waals surface area (Å²) in [6, 6.07) is 9.68. The maximum Gasteiger partial charge on any atom is 0.252 e. The molecule has 0 fully saturated rings. The first kappa shape index (κ1) is 21.0. The van der Waals surface area contributed by atoms with Gasteiger partial charge in [-0.25, -0.2) is 9.97 Å². The van der Waals surface area contributed by atoms with E-state index in [0.717, 1.165) is 27.4 Å². The lowest BCUT2D eigenvalue weighted by Gasteiger charge is -2.14. The molecule has 0 aliphatic carbocycles. The molecule has 0 spiro atoms. The van der Waals surface area contributed by atoms with Gasteiger partial charge in [-0.2, -0.15) is 0 Å². The highest BCUT2D eigenvalue weighted by Crippen LogP contribution is 2.36. The maximum absolute atomic E-state index is 12.9. The molecule has 2 heterocycles. The van der Waals surface area contributed by atoms with Gasteiger partial charge in [0.1, 0.15) is 16.4 Å². The molecule has 1 atom stereocenters. The van der Waals surface area contributed by atoms with Crippen molar-refractivity contribution in [2.24, 2.45) is 5.73 Å². The number of carbonyl (C=O) groups is 2. The number of carbonyl (C=O) groups excluding carboxylic acids is 2. The molecule has 3 N–H and O–H groups in total. The van der Waals surface area contributed by atoms with Crippen molar-refractivity contribution in [2.75, 3.05) is 5.32 Å². The number of hydrogen-bond donors (Lipinski definition) is 2. The molecule has 3 aromatic rings. The monoisotopic (exact) mass is 426 g/mol. The Morgan fingerprint density at radius 3 is 2.55 bits per heavy atom. The fraction of sp³-hybridized carbons (Fsp3) is 0.238. The lowest BCUT2D eigenvalue weighted by molar-refractivity contribution is -0.115. The van der Waals surface area contributed by atoms with Gasteiger partial charge in [0.25, 0.3) is 5.91 Å². The number of thiophene rings is 1. The van der Waals surface area contributed by atoms with E-state index in [0.29, 0.717) is 17.0 Å². The van der Waals surface area contributed by atoms with Gasteiger partial charge in [-0.3, -0.25) is 9.59 Å². The highest BCUT2D eigenvalue weighted by atomic mass is 32.2. The van der Waals surface area contributed by atoms with Crippen LogP contribution in [0, 0.1) is 13.8 Å². The van der Waals surface area contributed by atoms with Crippen LogP contribution in [-0.2, 0) is 4.79 Å². The molecule has 150 valence electrons. The largest absolute Gasteiger partial charge is 0.365 e. The molecule has 2 amide bonds. The fourth-order valence-corrected chi connectivity index (χ4v) is 4.74. The van der Waals surface area contributed by atoms with Gasteiger partial charge >= 0.3 is 0 Å². The second kappa shape index (κ2) is 9.19. The zero-order chi connectivity index (χ0) is 21.0. The van der Waals surface area contributed by atoms with E-state index in [1.165, 1.54) is 29.4 Å². The van der Waals surface area contributed by atoms with Crippen LogP contribution in [0.5, 0.6) is 0 Å². The van der Waals surface area contributed by atoms with Crippen LogP contribution < -0.4 is 11.1 Å². The van der Waals surface area contributed by atoms with Crippen molar-refractivity contribution >= 4 is 39.9 Å². The van der Waals surface area contributed by atoms with E-state index in [-0.39, 0.29) is 11.2 Å². The SMILES string of the molecule is CCC(Sc1cc(C)ncn1)C(=O)Nc1scc(-c2ccc(C)cc2)c1C(N)=O. The van der Waals surface area contributed by atoms with Crippen LogP contribution in [0.2, 0.25) is 0 Å². The number of thioether (sulfide) groups is 1. The summed E-state index contributed by atoms with van der Waals surface area (Å²) in [5.74, 6) is -0.752. The van der Waals surface area contributed by atoms with Crippen molar-refractivity contribution < 1.29 is 9.59 Å². The number of hydrogen-bond acceptors (Lipinski definition) is 6. The number of nitrogens with one attached hydrogen (secondary N) is 1. The number of primary amides is 1. The van der Waals surface area contributed by atoms with Gasteiger partial charge < -0.3 is 11.1 Å². The summed E-state index contributed by atoms with van der Waals surface area (Å²) in [5, 5.41) is 5.60. The number of nitrogens with zero attached hydrogens (tertiary/aromatic N) is 2. The number of amides is 2. The Balaban J connectivity index is 1.83. The summed E-state index contributed by atoms with van der Waals surface area (Å²) < 4.78 is 0. The Morgan fingerprint density at radius 2 is 1.93 bits per heavy atom. The lowest BCUT2D eigenvalue weighted by atomic mass is 10.0. The Morgan fingerprint density at radius 1 is 1.21 bits per heavy atom. The molecule has 2 aromatic heterocycles. The minimum Gasteiger partial charge on any atom is -0.365 e. The smallest absolute Gasteiger partial charge is 0.252 e. The first-order chi connectivity index (χ1) is 13.9. The number of nitrogens with two attached hydrogens (primary N) is 1. The van der Waals surface area contributed by atoms with Crippen molar-refractivity contribution in [1.29, 1.82) is 0 Å². The first-order valence-electron chi connectivity index (χ1n) is 9.13. The van der Waals surface area contributed by atoms with Crippen molar-refractivity contribution in [3.8, 4) is 11.1 Å². The molecule has 0 aliphatic rings. The number of anilines is 1. The fourth-order valence-electron chi connectivity index (χ4n) is 2.80. The van der Waals surface area contributed by atoms with Crippen molar-refractivity contribution in [1.82, 2.24) is 9.97 Å². The summed E-state index contributed by atoms with van der Waals surface area (Å²) in [7, 11) is 0. The zero-order valence-corrected chi connectivity index (χ0v) is 18.1. The van der Waals surface area contributed by atoms with Gasteiger partial charge in [-0.1, -0.05) is 48.5 Å². The normalized spacial score (nSPS) is 11.8. The van der Waals surface area contributed by atoms with Gasteiger partial charge in [0.05, 0.1) is 10.8 Å². The van der Waals surface area contributed by atoms with E-state index >= 15 is 0 Å². The lowest BCUT2D eigenvalue weighted by Crippen LogP contribution is -2.25. The molecule has 1 unspecified atom stereocenters.